The van der Waals surface area contributed by atoms with Crippen molar-refractivity contribution in [2.45, 2.75) is 50.7 Å². The number of ether oxygens (including phenoxy) is 1. The highest BCUT2D eigenvalue weighted by Gasteiger charge is 2.33. The molecular weight excluding hydrogens is 288 g/mol. The zero-order chi connectivity index (χ0) is 15.6. The fourth-order valence-corrected chi connectivity index (χ4v) is 4.53. The highest BCUT2D eigenvalue weighted by atomic mass is 32.2. The van der Waals surface area contributed by atoms with E-state index in [4.69, 9.17) is 4.74 Å². The van der Waals surface area contributed by atoms with Gasteiger partial charge in [-0.1, -0.05) is 0 Å². The summed E-state index contributed by atoms with van der Waals surface area (Å²) in [7, 11) is -1.82. The van der Waals surface area contributed by atoms with Crippen LogP contribution in [0, 0.1) is 13.8 Å². The zero-order valence-electron chi connectivity index (χ0n) is 13.1. The van der Waals surface area contributed by atoms with Crippen LogP contribution >= 0.6 is 0 Å². The van der Waals surface area contributed by atoms with Crippen LogP contribution in [0.4, 0.5) is 5.69 Å². The Morgan fingerprint density at radius 1 is 1.24 bits per heavy atom. The molecule has 0 bridgehead atoms. The molecule has 1 saturated carbocycles. The second-order valence-corrected chi connectivity index (χ2v) is 7.27. The Morgan fingerprint density at radius 3 is 2.29 bits per heavy atom. The first-order valence-electron chi connectivity index (χ1n) is 7.27. The first-order valence-corrected chi connectivity index (χ1v) is 8.76. The number of benzene rings is 1. The van der Waals surface area contributed by atoms with E-state index >= 15 is 0 Å². The van der Waals surface area contributed by atoms with Gasteiger partial charge >= 0.3 is 0 Å². The minimum absolute atomic E-state index is 0.0211. The molecule has 2 N–H and O–H groups in total. The monoisotopic (exact) mass is 312 g/mol. The molecule has 21 heavy (non-hydrogen) atoms. The highest BCUT2D eigenvalue weighted by molar-refractivity contribution is 7.89. The number of hydrogen-bond acceptors (Lipinski definition) is 4. The van der Waals surface area contributed by atoms with Gasteiger partial charge in [-0.15, -0.1) is 0 Å². The van der Waals surface area contributed by atoms with E-state index in [1.807, 2.05) is 32.9 Å². The SMILES string of the molecule is CCNc1cc(C)c(S(=O)(=O)NC2CC(OC)C2)c(C)c1. The van der Waals surface area contributed by atoms with Gasteiger partial charge in [0.2, 0.25) is 10.0 Å². The van der Waals surface area contributed by atoms with Gasteiger partial charge in [-0.3, -0.25) is 0 Å². The Morgan fingerprint density at radius 2 is 1.81 bits per heavy atom. The molecule has 1 aliphatic rings. The summed E-state index contributed by atoms with van der Waals surface area (Å²) in [5, 5.41) is 3.21. The predicted molar refractivity (Wildman–Crippen MR) is 84.2 cm³/mol. The minimum Gasteiger partial charge on any atom is -0.385 e. The van der Waals surface area contributed by atoms with Crippen molar-refractivity contribution in [3.8, 4) is 0 Å². The van der Waals surface area contributed by atoms with Crippen molar-refractivity contribution in [2.24, 2.45) is 0 Å². The van der Waals surface area contributed by atoms with Crippen molar-refractivity contribution in [2.75, 3.05) is 19.0 Å². The molecule has 0 aromatic heterocycles. The summed E-state index contributed by atoms with van der Waals surface area (Å²) in [6.45, 7) is 6.49. The fraction of sp³-hybridized carbons (Fsp3) is 0.600. The first-order chi connectivity index (χ1) is 9.87. The molecule has 1 aliphatic carbocycles. The molecule has 0 spiro atoms. The summed E-state index contributed by atoms with van der Waals surface area (Å²) in [4.78, 5) is 0.394. The van der Waals surface area contributed by atoms with Crippen LogP contribution in [0.1, 0.15) is 30.9 Å². The maximum Gasteiger partial charge on any atom is 0.241 e. The van der Waals surface area contributed by atoms with Gasteiger partial charge in [0, 0.05) is 25.4 Å². The quantitative estimate of drug-likeness (QED) is 0.845. The normalized spacial score (nSPS) is 21.9. The van der Waals surface area contributed by atoms with Crippen LogP contribution in [0.5, 0.6) is 0 Å². The molecule has 118 valence electrons. The standard InChI is InChI=1S/C15H24N2O3S/c1-5-16-12-6-10(2)15(11(3)7-12)21(18,19)17-13-8-14(9-13)20-4/h6-7,13-14,16-17H,5,8-9H2,1-4H3. The predicted octanol–water partition coefficient (Wildman–Crippen LogP) is 2.19. The number of sulfonamides is 1. The molecule has 0 atom stereocenters. The summed E-state index contributed by atoms with van der Waals surface area (Å²) in [5.74, 6) is 0. The average molecular weight is 312 g/mol. The van der Waals surface area contributed by atoms with E-state index in [-0.39, 0.29) is 12.1 Å². The van der Waals surface area contributed by atoms with Crippen molar-refractivity contribution in [3.63, 3.8) is 0 Å². The van der Waals surface area contributed by atoms with Gasteiger partial charge in [-0.2, -0.15) is 0 Å². The van der Waals surface area contributed by atoms with Gasteiger partial charge in [-0.25, -0.2) is 13.1 Å². The van der Waals surface area contributed by atoms with Gasteiger partial charge < -0.3 is 10.1 Å². The van der Waals surface area contributed by atoms with Crippen LogP contribution in [-0.2, 0) is 14.8 Å². The van der Waals surface area contributed by atoms with Crippen molar-refractivity contribution in [3.05, 3.63) is 23.3 Å². The van der Waals surface area contributed by atoms with E-state index in [2.05, 4.69) is 10.0 Å². The van der Waals surface area contributed by atoms with Gasteiger partial charge in [-0.05, 0) is 56.9 Å². The Hall–Kier alpha value is -1.11. The van der Waals surface area contributed by atoms with Crippen LogP contribution in [-0.4, -0.2) is 34.2 Å². The molecule has 0 heterocycles. The number of anilines is 1. The van der Waals surface area contributed by atoms with Gasteiger partial charge in [0.1, 0.15) is 0 Å². The number of methoxy groups -OCH3 is 1. The zero-order valence-corrected chi connectivity index (χ0v) is 13.9. The summed E-state index contributed by atoms with van der Waals surface area (Å²) in [5.41, 5.74) is 2.48. The summed E-state index contributed by atoms with van der Waals surface area (Å²) in [6, 6.07) is 3.74. The van der Waals surface area contributed by atoms with Gasteiger partial charge in [0.25, 0.3) is 0 Å². The maximum absolute atomic E-state index is 12.6. The van der Waals surface area contributed by atoms with E-state index in [0.29, 0.717) is 4.90 Å². The van der Waals surface area contributed by atoms with E-state index in [1.54, 1.807) is 7.11 Å². The van der Waals surface area contributed by atoms with Gasteiger partial charge in [0.15, 0.2) is 0 Å². The largest absolute Gasteiger partial charge is 0.385 e. The van der Waals surface area contributed by atoms with Crippen LogP contribution in [0.3, 0.4) is 0 Å². The van der Waals surface area contributed by atoms with E-state index < -0.39 is 10.0 Å². The lowest BCUT2D eigenvalue weighted by Crippen LogP contribution is -2.47. The Bertz CT molecular complexity index is 584. The van der Waals surface area contributed by atoms with E-state index in [1.165, 1.54) is 0 Å². The summed E-state index contributed by atoms with van der Waals surface area (Å²) < 4.78 is 33.1. The topological polar surface area (TPSA) is 67.4 Å². The molecule has 0 aliphatic heterocycles. The molecule has 6 heteroatoms. The molecule has 0 amide bonds. The number of hydrogen-bond donors (Lipinski definition) is 2. The minimum atomic E-state index is -3.48. The molecule has 2 rings (SSSR count). The first kappa shape index (κ1) is 16.3. The van der Waals surface area contributed by atoms with Crippen molar-refractivity contribution < 1.29 is 13.2 Å². The number of rotatable bonds is 6. The third-order valence-electron chi connectivity index (χ3n) is 3.86. The molecule has 5 nitrogen and oxygen atoms in total. The Balaban J connectivity index is 2.20. The number of aryl methyl sites for hydroxylation is 2. The second kappa shape index (κ2) is 6.34. The van der Waals surface area contributed by atoms with Crippen molar-refractivity contribution in [1.29, 1.82) is 0 Å². The average Bonchev–Trinajstić information content (AvgIpc) is 2.32. The number of nitrogens with one attached hydrogen (secondary N) is 2. The second-order valence-electron chi connectivity index (χ2n) is 5.62. The third-order valence-corrected chi connectivity index (χ3v) is 5.68. The Kier molecular flexibility index (Phi) is 4.91. The van der Waals surface area contributed by atoms with Crippen molar-refractivity contribution in [1.82, 2.24) is 4.72 Å². The van der Waals surface area contributed by atoms with Crippen molar-refractivity contribution >= 4 is 15.7 Å². The third kappa shape index (κ3) is 3.56. The molecule has 1 aromatic carbocycles. The Labute approximate surface area is 127 Å². The molecule has 0 unspecified atom stereocenters. The van der Waals surface area contributed by atoms with Crippen LogP contribution in [0.25, 0.3) is 0 Å². The summed E-state index contributed by atoms with van der Waals surface area (Å²) in [6.07, 6.45) is 1.66. The molecule has 1 fully saturated rings. The molecule has 1 aromatic rings. The maximum atomic E-state index is 12.6. The lowest BCUT2D eigenvalue weighted by molar-refractivity contribution is 0.0236. The van der Waals surface area contributed by atoms with Gasteiger partial charge in [0.05, 0.1) is 11.0 Å². The van der Waals surface area contributed by atoms with E-state index in [9.17, 15) is 8.42 Å². The lowest BCUT2D eigenvalue weighted by Gasteiger charge is -2.34. The molecular formula is C15H24N2O3S. The molecule has 0 saturated heterocycles. The lowest BCUT2D eigenvalue weighted by atomic mass is 9.90. The van der Waals surface area contributed by atoms with Crippen LogP contribution in [0.2, 0.25) is 0 Å². The molecule has 0 radical (unpaired) electrons. The van der Waals surface area contributed by atoms with E-state index in [0.717, 1.165) is 36.2 Å². The highest BCUT2D eigenvalue weighted by Crippen LogP contribution is 2.28. The van der Waals surface area contributed by atoms with Crippen LogP contribution < -0.4 is 10.0 Å². The fourth-order valence-electron chi connectivity index (χ4n) is 2.81. The van der Waals surface area contributed by atoms with Crippen LogP contribution in [0.15, 0.2) is 17.0 Å². The smallest absolute Gasteiger partial charge is 0.241 e. The summed E-state index contributed by atoms with van der Waals surface area (Å²) >= 11 is 0.